The first-order valence-corrected chi connectivity index (χ1v) is 5.34. The third kappa shape index (κ3) is 2.29. The number of hydrogen-bond acceptors (Lipinski definition) is 5. The molecule has 0 unspecified atom stereocenters. The Labute approximate surface area is 104 Å². The molecule has 0 amide bonds. The number of ether oxygens (including phenoxy) is 2. The van der Waals surface area contributed by atoms with E-state index < -0.39 is 6.29 Å². The van der Waals surface area contributed by atoms with Gasteiger partial charge in [0.2, 0.25) is 12.1 Å². The van der Waals surface area contributed by atoms with Gasteiger partial charge in [-0.2, -0.15) is 0 Å². The normalized spacial score (nSPS) is 10.8. The fraction of sp³-hybridized carbons (Fsp3) is 0.250. The van der Waals surface area contributed by atoms with Crippen molar-refractivity contribution in [1.82, 2.24) is 15.0 Å². The molecule has 0 aliphatic carbocycles. The van der Waals surface area contributed by atoms with E-state index in [1.165, 1.54) is 25.1 Å². The molecule has 6 heteroatoms. The summed E-state index contributed by atoms with van der Waals surface area (Å²) in [4.78, 5) is 12.1. The van der Waals surface area contributed by atoms with Crippen LogP contribution in [0.4, 0.5) is 0 Å². The lowest BCUT2D eigenvalue weighted by atomic mass is 10.2. The van der Waals surface area contributed by atoms with Crippen LogP contribution in [0.1, 0.15) is 10.5 Å². The Bertz CT molecular complexity index is 520. The van der Waals surface area contributed by atoms with Gasteiger partial charge >= 0.3 is 0 Å². The van der Waals surface area contributed by atoms with Crippen LogP contribution in [0.25, 0.3) is 5.69 Å². The lowest BCUT2D eigenvalue weighted by molar-refractivity contribution is -0.0745. The van der Waals surface area contributed by atoms with Gasteiger partial charge in [0.15, 0.2) is 0 Å². The van der Waals surface area contributed by atoms with E-state index in [4.69, 9.17) is 9.47 Å². The molecule has 0 atom stereocenters. The maximum Gasteiger partial charge on any atom is 0.238 e. The topological polar surface area (TPSA) is 66.2 Å². The molecule has 1 aromatic heterocycles. The Kier molecular flexibility index (Phi) is 3.81. The molecule has 2 aromatic rings. The van der Waals surface area contributed by atoms with E-state index in [1.807, 2.05) is 30.3 Å². The number of nitrogens with zero attached hydrogens (tertiary/aromatic N) is 3. The molecule has 1 heterocycles. The van der Waals surface area contributed by atoms with Gasteiger partial charge in [0.05, 0.1) is 11.9 Å². The lowest BCUT2D eigenvalue weighted by Gasteiger charge is -2.12. The van der Waals surface area contributed by atoms with E-state index in [-0.39, 0.29) is 5.78 Å². The highest BCUT2D eigenvalue weighted by molar-refractivity contribution is 5.97. The van der Waals surface area contributed by atoms with Crippen LogP contribution >= 0.6 is 0 Å². The summed E-state index contributed by atoms with van der Waals surface area (Å²) in [5.41, 5.74) is 1.07. The number of para-hydroxylation sites is 1. The van der Waals surface area contributed by atoms with Gasteiger partial charge in [-0.3, -0.25) is 4.79 Å². The molecule has 6 nitrogen and oxygen atoms in total. The molecule has 0 spiro atoms. The maximum atomic E-state index is 12.1. The minimum absolute atomic E-state index is 0.315. The first-order valence-electron chi connectivity index (χ1n) is 5.34. The third-order valence-electron chi connectivity index (χ3n) is 2.44. The standard InChI is InChI=1S/C12H13N3O3/c1-17-12(18-2)11(16)10-8-13-14-15(10)9-6-4-3-5-7-9/h3-8,12H,1-2H3. The van der Waals surface area contributed by atoms with Crippen LogP contribution in [0, 0.1) is 0 Å². The van der Waals surface area contributed by atoms with Gasteiger partial charge in [-0.25, -0.2) is 4.68 Å². The second kappa shape index (κ2) is 5.52. The average molecular weight is 247 g/mol. The summed E-state index contributed by atoms with van der Waals surface area (Å²) in [6, 6.07) is 9.26. The van der Waals surface area contributed by atoms with E-state index in [0.717, 1.165) is 5.69 Å². The van der Waals surface area contributed by atoms with Gasteiger partial charge < -0.3 is 9.47 Å². The Morgan fingerprint density at radius 2 is 1.89 bits per heavy atom. The molecule has 0 saturated carbocycles. The maximum absolute atomic E-state index is 12.1. The van der Waals surface area contributed by atoms with E-state index >= 15 is 0 Å². The highest BCUT2D eigenvalue weighted by Gasteiger charge is 2.23. The van der Waals surface area contributed by atoms with Crippen molar-refractivity contribution >= 4 is 5.78 Å². The largest absolute Gasteiger partial charge is 0.349 e. The van der Waals surface area contributed by atoms with E-state index in [0.29, 0.717) is 5.69 Å². The summed E-state index contributed by atoms with van der Waals surface area (Å²) in [6.07, 6.45) is 0.436. The van der Waals surface area contributed by atoms with E-state index in [1.54, 1.807) is 0 Å². The molecule has 0 radical (unpaired) electrons. The molecule has 2 rings (SSSR count). The molecule has 1 aromatic carbocycles. The quantitative estimate of drug-likeness (QED) is 0.584. The summed E-state index contributed by atoms with van der Waals surface area (Å²) in [7, 11) is 2.81. The number of aromatic nitrogens is 3. The predicted octanol–water partition coefficient (Wildman–Crippen LogP) is 1.07. The smallest absolute Gasteiger partial charge is 0.238 e. The number of hydrogen-bond donors (Lipinski definition) is 0. The van der Waals surface area contributed by atoms with E-state index in [2.05, 4.69) is 10.3 Å². The number of benzene rings is 1. The molecule has 0 fully saturated rings. The highest BCUT2D eigenvalue weighted by Crippen LogP contribution is 2.11. The van der Waals surface area contributed by atoms with Gasteiger partial charge in [0.25, 0.3) is 0 Å². The summed E-state index contributed by atoms with van der Waals surface area (Å²) in [6.45, 7) is 0. The monoisotopic (exact) mass is 247 g/mol. The van der Waals surface area contributed by atoms with E-state index in [9.17, 15) is 4.79 Å². The Balaban J connectivity index is 2.37. The number of carbonyl (C=O) groups is 1. The SMILES string of the molecule is COC(OC)C(=O)c1cnnn1-c1ccccc1. The fourth-order valence-electron chi connectivity index (χ4n) is 1.59. The van der Waals surface area contributed by atoms with Crippen LogP contribution in [0.15, 0.2) is 36.5 Å². The Morgan fingerprint density at radius 1 is 1.22 bits per heavy atom. The van der Waals surface area contributed by atoms with Crippen LogP contribution in [-0.4, -0.2) is 41.3 Å². The summed E-state index contributed by atoms with van der Waals surface area (Å²) in [5, 5.41) is 7.64. The Hall–Kier alpha value is -2.05. The van der Waals surface area contributed by atoms with Gasteiger partial charge in [0, 0.05) is 14.2 Å². The molecule has 0 saturated heterocycles. The van der Waals surface area contributed by atoms with Crippen LogP contribution in [-0.2, 0) is 9.47 Å². The zero-order valence-corrected chi connectivity index (χ0v) is 10.1. The van der Waals surface area contributed by atoms with Crippen molar-refractivity contribution in [3.05, 3.63) is 42.2 Å². The minimum Gasteiger partial charge on any atom is -0.349 e. The zero-order valence-electron chi connectivity index (χ0n) is 10.1. The summed E-state index contributed by atoms with van der Waals surface area (Å²) in [5.74, 6) is -0.325. The number of methoxy groups -OCH3 is 2. The number of rotatable bonds is 5. The van der Waals surface area contributed by atoms with Crippen LogP contribution in [0.3, 0.4) is 0 Å². The third-order valence-corrected chi connectivity index (χ3v) is 2.44. The second-order valence-corrected chi connectivity index (χ2v) is 3.53. The number of Topliss-reactive ketones (excluding diaryl/α,β-unsaturated/α-hetero) is 1. The van der Waals surface area contributed by atoms with Crippen molar-refractivity contribution in [2.24, 2.45) is 0 Å². The highest BCUT2D eigenvalue weighted by atomic mass is 16.7. The molecule has 0 aliphatic rings. The molecule has 0 aliphatic heterocycles. The fourth-order valence-corrected chi connectivity index (χ4v) is 1.59. The molecule has 18 heavy (non-hydrogen) atoms. The molecular weight excluding hydrogens is 234 g/mol. The summed E-state index contributed by atoms with van der Waals surface area (Å²) >= 11 is 0. The minimum atomic E-state index is -0.953. The van der Waals surface area contributed by atoms with Gasteiger partial charge in [-0.15, -0.1) is 5.10 Å². The van der Waals surface area contributed by atoms with Crippen molar-refractivity contribution in [3.63, 3.8) is 0 Å². The summed E-state index contributed by atoms with van der Waals surface area (Å²) < 4.78 is 11.3. The lowest BCUT2D eigenvalue weighted by Crippen LogP contribution is -2.27. The second-order valence-electron chi connectivity index (χ2n) is 3.53. The molecule has 94 valence electrons. The van der Waals surface area contributed by atoms with Crippen molar-refractivity contribution < 1.29 is 14.3 Å². The number of carbonyl (C=O) groups excluding carboxylic acids is 1. The van der Waals surface area contributed by atoms with Gasteiger partial charge in [-0.05, 0) is 12.1 Å². The van der Waals surface area contributed by atoms with Crippen molar-refractivity contribution in [2.45, 2.75) is 6.29 Å². The van der Waals surface area contributed by atoms with Crippen LogP contribution in [0.2, 0.25) is 0 Å². The van der Waals surface area contributed by atoms with Gasteiger partial charge in [-0.1, -0.05) is 23.4 Å². The van der Waals surface area contributed by atoms with Crippen molar-refractivity contribution in [1.29, 1.82) is 0 Å². The molecule has 0 N–H and O–H groups in total. The van der Waals surface area contributed by atoms with Crippen LogP contribution < -0.4 is 0 Å². The van der Waals surface area contributed by atoms with Crippen molar-refractivity contribution in [3.8, 4) is 5.69 Å². The van der Waals surface area contributed by atoms with Crippen LogP contribution in [0.5, 0.6) is 0 Å². The Morgan fingerprint density at radius 3 is 2.50 bits per heavy atom. The molecular formula is C12H13N3O3. The zero-order chi connectivity index (χ0) is 13.0. The average Bonchev–Trinajstić information content (AvgIpc) is 2.90. The van der Waals surface area contributed by atoms with Crippen molar-refractivity contribution in [2.75, 3.05) is 14.2 Å². The van der Waals surface area contributed by atoms with Gasteiger partial charge in [0.1, 0.15) is 5.69 Å². The molecule has 0 bridgehead atoms. The number of ketones is 1. The first-order chi connectivity index (χ1) is 8.77. The first kappa shape index (κ1) is 12.4. The predicted molar refractivity (Wildman–Crippen MR) is 63.5 cm³/mol.